The van der Waals surface area contributed by atoms with Crippen molar-refractivity contribution in [3.8, 4) is 5.82 Å². The lowest BCUT2D eigenvalue weighted by molar-refractivity contribution is 0.965. The van der Waals surface area contributed by atoms with Crippen molar-refractivity contribution in [2.45, 2.75) is 0 Å². The van der Waals surface area contributed by atoms with Crippen LogP contribution in [-0.4, -0.2) is 26.6 Å². The highest BCUT2D eigenvalue weighted by molar-refractivity contribution is 5.75. The minimum Gasteiger partial charge on any atom is -0.393 e. The number of para-hydroxylation sites is 1. The van der Waals surface area contributed by atoms with Gasteiger partial charge in [0.2, 0.25) is 0 Å². The van der Waals surface area contributed by atoms with Gasteiger partial charge in [0.1, 0.15) is 18.3 Å². The van der Waals surface area contributed by atoms with Gasteiger partial charge < -0.3 is 10.6 Å². The first-order valence-corrected chi connectivity index (χ1v) is 6.15. The molecule has 0 radical (unpaired) electrons. The van der Waals surface area contributed by atoms with Gasteiger partial charge in [0.15, 0.2) is 11.6 Å². The third-order valence-electron chi connectivity index (χ3n) is 3.05. The van der Waals surface area contributed by atoms with Gasteiger partial charge >= 0.3 is 0 Å². The molecule has 0 atom stereocenters. The van der Waals surface area contributed by atoms with Crippen LogP contribution >= 0.6 is 0 Å². The standard InChI is InChI=1S/C14H14N6/c1-19(11-5-3-2-4-6-11)13-12(15)14(18-9-17-13)20-8-7-16-10-20/h2-10H,15H2,1H3. The lowest BCUT2D eigenvalue weighted by Crippen LogP contribution is -2.15. The lowest BCUT2D eigenvalue weighted by Gasteiger charge is -2.20. The number of nitrogens with zero attached hydrogens (tertiary/aromatic N) is 5. The summed E-state index contributed by atoms with van der Waals surface area (Å²) in [5, 5.41) is 0. The first-order chi connectivity index (χ1) is 9.77. The molecule has 0 fully saturated rings. The molecule has 20 heavy (non-hydrogen) atoms. The number of aromatic nitrogens is 4. The van der Waals surface area contributed by atoms with Gasteiger partial charge in [-0.15, -0.1) is 0 Å². The fourth-order valence-electron chi connectivity index (χ4n) is 2.01. The highest BCUT2D eigenvalue weighted by Crippen LogP contribution is 2.29. The second kappa shape index (κ2) is 5.00. The maximum atomic E-state index is 6.20. The zero-order valence-electron chi connectivity index (χ0n) is 11.0. The molecule has 0 aliphatic carbocycles. The van der Waals surface area contributed by atoms with Crippen LogP contribution in [-0.2, 0) is 0 Å². The molecule has 3 rings (SSSR count). The number of nitrogen functional groups attached to an aromatic ring is 1. The Bertz CT molecular complexity index is 693. The van der Waals surface area contributed by atoms with E-state index in [1.807, 2.05) is 42.3 Å². The molecule has 6 nitrogen and oxygen atoms in total. The van der Waals surface area contributed by atoms with E-state index in [-0.39, 0.29) is 0 Å². The summed E-state index contributed by atoms with van der Waals surface area (Å²) in [6.07, 6.45) is 6.64. The summed E-state index contributed by atoms with van der Waals surface area (Å²) in [6.45, 7) is 0. The first-order valence-electron chi connectivity index (χ1n) is 6.15. The zero-order valence-corrected chi connectivity index (χ0v) is 11.0. The Morgan fingerprint density at radius 2 is 1.95 bits per heavy atom. The second-order valence-electron chi connectivity index (χ2n) is 4.30. The predicted molar refractivity (Wildman–Crippen MR) is 78.1 cm³/mol. The molecule has 0 aliphatic heterocycles. The Balaban J connectivity index is 2.05. The topological polar surface area (TPSA) is 72.9 Å². The van der Waals surface area contributed by atoms with Gasteiger partial charge in [0.25, 0.3) is 0 Å². The lowest BCUT2D eigenvalue weighted by atomic mass is 10.3. The molecule has 0 amide bonds. The Kier molecular flexibility index (Phi) is 3.04. The third kappa shape index (κ3) is 2.07. The smallest absolute Gasteiger partial charge is 0.166 e. The highest BCUT2D eigenvalue weighted by atomic mass is 15.2. The Morgan fingerprint density at radius 1 is 1.15 bits per heavy atom. The maximum absolute atomic E-state index is 6.20. The van der Waals surface area contributed by atoms with Gasteiger partial charge in [-0.3, -0.25) is 4.57 Å². The quantitative estimate of drug-likeness (QED) is 0.785. The number of hydrogen-bond acceptors (Lipinski definition) is 5. The molecule has 0 aliphatic rings. The predicted octanol–water partition coefficient (Wildman–Crippen LogP) is 2.01. The molecule has 2 aromatic heterocycles. The van der Waals surface area contributed by atoms with Gasteiger partial charge in [0, 0.05) is 25.1 Å². The number of benzene rings is 1. The van der Waals surface area contributed by atoms with Crippen LogP contribution in [0.25, 0.3) is 5.82 Å². The van der Waals surface area contributed by atoms with Crippen LogP contribution in [0.3, 0.4) is 0 Å². The summed E-state index contributed by atoms with van der Waals surface area (Å²) in [4.78, 5) is 14.4. The van der Waals surface area contributed by atoms with Crippen molar-refractivity contribution in [1.29, 1.82) is 0 Å². The molecule has 0 saturated heterocycles. The minimum absolute atomic E-state index is 0.511. The van der Waals surface area contributed by atoms with Crippen LogP contribution < -0.4 is 10.6 Å². The zero-order chi connectivity index (χ0) is 13.9. The number of hydrogen-bond donors (Lipinski definition) is 1. The molecule has 2 heterocycles. The van der Waals surface area contributed by atoms with E-state index in [0.717, 1.165) is 5.69 Å². The van der Waals surface area contributed by atoms with E-state index in [2.05, 4.69) is 15.0 Å². The molecular formula is C14H14N6. The summed E-state index contributed by atoms with van der Waals surface area (Å²) in [5.41, 5.74) is 7.72. The molecule has 0 bridgehead atoms. The normalized spacial score (nSPS) is 10.4. The minimum atomic E-state index is 0.511. The second-order valence-corrected chi connectivity index (χ2v) is 4.30. The summed E-state index contributed by atoms with van der Waals surface area (Å²) >= 11 is 0. The van der Waals surface area contributed by atoms with E-state index in [0.29, 0.717) is 17.3 Å². The SMILES string of the molecule is CN(c1ccccc1)c1ncnc(-n2ccnc2)c1N. The monoisotopic (exact) mass is 266 g/mol. The number of imidazole rings is 1. The van der Waals surface area contributed by atoms with Gasteiger partial charge in [-0.1, -0.05) is 18.2 Å². The van der Waals surface area contributed by atoms with Crippen LogP contribution in [0.2, 0.25) is 0 Å². The van der Waals surface area contributed by atoms with E-state index in [9.17, 15) is 0 Å². The van der Waals surface area contributed by atoms with Crippen molar-refractivity contribution < 1.29 is 0 Å². The van der Waals surface area contributed by atoms with Crippen molar-refractivity contribution >= 4 is 17.2 Å². The molecule has 0 saturated carbocycles. The van der Waals surface area contributed by atoms with Crippen molar-refractivity contribution in [3.05, 3.63) is 55.4 Å². The Labute approximate surface area is 116 Å². The van der Waals surface area contributed by atoms with Gasteiger partial charge in [-0.05, 0) is 12.1 Å². The third-order valence-corrected chi connectivity index (χ3v) is 3.05. The molecule has 100 valence electrons. The van der Waals surface area contributed by atoms with Crippen molar-refractivity contribution in [2.24, 2.45) is 0 Å². The molecule has 2 N–H and O–H groups in total. The molecular weight excluding hydrogens is 252 g/mol. The summed E-state index contributed by atoms with van der Waals surface area (Å²) in [5.74, 6) is 1.28. The highest BCUT2D eigenvalue weighted by Gasteiger charge is 2.14. The molecule has 3 aromatic rings. The van der Waals surface area contributed by atoms with Crippen LogP contribution in [0.4, 0.5) is 17.2 Å². The van der Waals surface area contributed by atoms with Crippen LogP contribution in [0, 0.1) is 0 Å². The van der Waals surface area contributed by atoms with E-state index >= 15 is 0 Å². The fourth-order valence-corrected chi connectivity index (χ4v) is 2.01. The summed E-state index contributed by atoms with van der Waals surface area (Å²) < 4.78 is 1.76. The summed E-state index contributed by atoms with van der Waals surface area (Å²) in [6, 6.07) is 9.91. The number of anilines is 3. The summed E-state index contributed by atoms with van der Waals surface area (Å²) in [7, 11) is 1.92. The molecule has 0 spiro atoms. The van der Waals surface area contributed by atoms with E-state index in [1.54, 1.807) is 23.3 Å². The van der Waals surface area contributed by atoms with E-state index < -0.39 is 0 Å². The van der Waals surface area contributed by atoms with Crippen molar-refractivity contribution in [1.82, 2.24) is 19.5 Å². The molecule has 6 heteroatoms. The van der Waals surface area contributed by atoms with Gasteiger partial charge in [-0.25, -0.2) is 15.0 Å². The number of nitrogens with two attached hydrogens (primary N) is 1. The molecule has 1 aromatic carbocycles. The average Bonchev–Trinajstić information content (AvgIpc) is 3.02. The Morgan fingerprint density at radius 3 is 2.65 bits per heavy atom. The molecule has 0 unspecified atom stereocenters. The van der Waals surface area contributed by atoms with Gasteiger partial charge in [-0.2, -0.15) is 0 Å². The fraction of sp³-hybridized carbons (Fsp3) is 0.0714. The first kappa shape index (κ1) is 12.2. The van der Waals surface area contributed by atoms with Crippen molar-refractivity contribution in [3.63, 3.8) is 0 Å². The van der Waals surface area contributed by atoms with Crippen LogP contribution in [0.1, 0.15) is 0 Å². The largest absolute Gasteiger partial charge is 0.393 e. The average molecular weight is 266 g/mol. The van der Waals surface area contributed by atoms with Gasteiger partial charge in [0.05, 0.1) is 0 Å². The van der Waals surface area contributed by atoms with E-state index in [4.69, 9.17) is 5.73 Å². The number of rotatable bonds is 3. The maximum Gasteiger partial charge on any atom is 0.166 e. The van der Waals surface area contributed by atoms with Crippen LogP contribution in [0.15, 0.2) is 55.4 Å². The van der Waals surface area contributed by atoms with Crippen molar-refractivity contribution in [2.75, 3.05) is 17.7 Å². The Hall–Kier alpha value is -2.89. The van der Waals surface area contributed by atoms with Crippen LogP contribution in [0.5, 0.6) is 0 Å². The van der Waals surface area contributed by atoms with E-state index in [1.165, 1.54) is 6.33 Å².